The van der Waals surface area contributed by atoms with Gasteiger partial charge in [0.1, 0.15) is 11.4 Å². The van der Waals surface area contributed by atoms with E-state index in [0.29, 0.717) is 5.33 Å². The number of fused-ring (bicyclic) bond motifs is 2. The number of aromatic nitrogens is 1. The molecule has 0 bridgehead atoms. The number of carbonyl (C=O) groups is 1. The zero-order chi connectivity index (χ0) is 16.2. The van der Waals surface area contributed by atoms with Gasteiger partial charge >= 0.3 is 0 Å². The number of halogens is 1. The van der Waals surface area contributed by atoms with Crippen LogP contribution in [0.4, 0.5) is 0 Å². The highest BCUT2D eigenvalue weighted by molar-refractivity contribution is 9.09. The molecule has 4 nitrogen and oxygen atoms in total. The topological polar surface area (TPSA) is 45.3 Å². The number of hydrogen-bond acceptors (Lipinski definition) is 3. The third-order valence-corrected chi connectivity index (χ3v) is 6.29. The molecule has 2 aliphatic rings. The van der Waals surface area contributed by atoms with Crippen LogP contribution in [0.25, 0.3) is 10.9 Å². The molecular weight excluding hydrogens is 356 g/mol. The van der Waals surface area contributed by atoms with E-state index < -0.39 is 5.60 Å². The van der Waals surface area contributed by atoms with Gasteiger partial charge in [-0.25, -0.2) is 0 Å². The minimum atomic E-state index is -0.413. The molecular formula is C18H21BrN2O2. The van der Waals surface area contributed by atoms with Crippen molar-refractivity contribution in [3.8, 4) is 0 Å². The van der Waals surface area contributed by atoms with Gasteiger partial charge in [-0.1, -0.05) is 28.1 Å². The third-order valence-electron chi connectivity index (χ3n) is 5.74. The van der Waals surface area contributed by atoms with E-state index in [0.717, 1.165) is 24.9 Å². The smallest absolute Gasteiger partial charge is 0.147 e. The second-order valence-corrected chi connectivity index (χ2v) is 7.36. The van der Waals surface area contributed by atoms with Gasteiger partial charge in [-0.05, 0) is 37.1 Å². The second kappa shape index (κ2) is 5.43. The van der Waals surface area contributed by atoms with E-state index in [9.17, 15) is 4.79 Å². The van der Waals surface area contributed by atoms with Crippen LogP contribution in [-0.2, 0) is 21.6 Å². The van der Waals surface area contributed by atoms with Crippen LogP contribution in [0.15, 0.2) is 24.4 Å². The number of likely N-dealkylation sites (N-methyl/N-ethyl adjacent to an activating group) is 1. The van der Waals surface area contributed by atoms with E-state index >= 15 is 0 Å². The zero-order valence-electron chi connectivity index (χ0n) is 13.4. The molecule has 2 aromatic rings. The van der Waals surface area contributed by atoms with Crippen molar-refractivity contribution in [2.75, 3.05) is 26.0 Å². The fourth-order valence-corrected chi connectivity index (χ4v) is 5.10. The average Bonchev–Trinajstić information content (AvgIpc) is 2.99. The molecule has 2 unspecified atom stereocenters. The number of ketones is 1. The Morgan fingerprint density at radius 1 is 1.52 bits per heavy atom. The second-order valence-electron chi connectivity index (χ2n) is 6.80. The van der Waals surface area contributed by atoms with Gasteiger partial charge in [0.05, 0.1) is 5.33 Å². The largest absolute Gasteiger partial charge is 0.372 e. The van der Waals surface area contributed by atoms with Crippen molar-refractivity contribution in [3.63, 3.8) is 0 Å². The molecule has 0 saturated carbocycles. The minimum absolute atomic E-state index is 0.00585. The quantitative estimate of drug-likeness (QED) is 0.837. The lowest BCUT2D eigenvalue weighted by atomic mass is 9.68. The molecule has 1 saturated heterocycles. The number of nitrogens with one attached hydrogen (secondary N) is 1. The number of H-pyrrole nitrogens is 1. The van der Waals surface area contributed by atoms with Crippen molar-refractivity contribution in [1.29, 1.82) is 0 Å². The first-order valence-electron chi connectivity index (χ1n) is 8.04. The Kier molecular flexibility index (Phi) is 3.63. The Hall–Kier alpha value is -1.17. The number of nitrogens with zero attached hydrogens (tertiary/aromatic N) is 1. The number of Topliss-reactive ketones (excluding diaryl/α,β-unsaturated/α-hetero) is 1. The minimum Gasteiger partial charge on any atom is -0.372 e. The summed E-state index contributed by atoms with van der Waals surface area (Å²) in [5, 5.41) is 1.70. The highest BCUT2D eigenvalue weighted by atomic mass is 79.9. The SMILES string of the molecule is COC12CC(C(=O)CBr)CN(C)[C@@H]1Cc1c[nH]c3cccc2c13. The van der Waals surface area contributed by atoms with Crippen molar-refractivity contribution in [3.05, 3.63) is 35.5 Å². The normalized spacial score (nSPS) is 30.4. The van der Waals surface area contributed by atoms with Crippen LogP contribution in [0.5, 0.6) is 0 Å². The number of hydrogen-bond donors (Lipinski definition) is 1. The van der Waals surface area contributed by atoms with Gasteiger partial charge in [-0.3, -0.25) is 9.69 Å². The summed E-state index contributed by atoms with van der Waals surface area (Å²) in [6.45, 7) is 0.802. The number of aromatic amines is 1. The number of methoxy groups -OCH3 is 1. The Bertz CT molecular complexity index is 771. The van der Waals surface area contributed by atoms with Crippen LogP contribution in [0.2, 0.25) is 0 Å². The zero-order valence-corrected chi connectivity index (χ0v) is 15.0. The Labute approximate surface area is 144 Å². The van der Waals surface area contributed by atoms with E-state index in [1.807, 2.05) is 0 Å². The molecule has 0 radical (unpaired) electrons. The fourth-order valence-electron chi connectivity index (χ4n) is 4.64. The van der Waals surface area contributed by atoms with Crippen molar-refractivity contribution >= 4 is 32.6 Å². The van der Waals surface area contributed by atoms with E-state index in [4.69, 9.17) is 4.74 Å². The lowest BCUT2D eigenvalue weighted by Crippen LogP contribution is -2.60. The summed E-state index contributed by atoms with van der Waals surface area (Å²) in [6, 6.07) is 6.63. The molecule has 1 aliphatic carbocycles. The Morgan fingerprint density at radius 3 is 3.09 bits per heavy atom. The molecule has 1 aromatic carbocycles. The Balaban J connectivity index is 1.90. The third kappa shape index (κ3) is 2.06. The highest BCUT2D eigenvalue weighted by Gasteiger charge is 2.52. The van der Waals surface area contributed by atoms with Crippen molar-refractivity contribution in [1.82, 2.24) is 9.88 Å². The molecule has 5 heteroatoms. The predicted octanol–water partition coefficient (Wildman–Crippen LogP) is 2.85. The summed E-state index contributed by atoms with van der Waals surface area (Å²) < 4.78 is 6.17. The first kappa shape index (κ1) is 15.4. The first-order valence-corrected chi connectivity index (χ1v) is 9.16. The lowest BCUT2D eigenvalue weighted by molar-refractivity contribution is -0.143. The highest BCUT2D eigenvalue weighted by Crippen LogP contribution is 2.49. The van der Waals surface area contributed by atoms with Crippen LogP contribution in [-0.4, -0.2) is 47.7 Å². The summed E-state index contributed by atoms with van der Waals surface area (Å²) in [5.74, 6) is 0.269. The molecule has 2 heterocycles. The molecule has 4 rings (SSSR count). The van der Waals surface area contributed by atoms with E-state index in [1.54, 1.807) is 7.11 Å². The van der Waals surface area contributed by atoms with Crippen LogP contribution in [0.1, 0.15) is 17.5 Å². The average molecular weight is 377 g/mol. The van der Waals surface area contributed by atoms with E-state index in [2.05, 4.69) is 57.3 Å². The number of ether oxygens (including phenoxy) is 1. The van der Waals surface area contributed by atoms with Gasteiger partial charge < -0.3 is 9.72 Å². The van der Waals surface area contributed by atoms with Crippen LogP contribution >= 0.6 is 15.9 Å². The Morgan fingerprint density at radius 2 is 2.35 bits per heavy atom. The van der Waals surface area contributed by atoms with Gasteiger partial charge in [0.2, 0.25) is 0 Å². The molecule has 23 heavy (non-hydrogen) atoms. The first-order chi connectivity index (χ1) is 11.1. The summed E-state index contributed by atoms with van der Waals surface area (Å²) in [5.41, 5.74) is 3.32. The maximum absolute atomic E-state index is 12.3. The predicted molar refractivity (Wildman–Crippen MR) is 94.0 cm³/mol. The monoisotopic (exact) mass is 376 g/mol. The molecule has 1 aliphatic heterocycles. The van der Waals surface area contributed by atoms with E-state index in [1.165, 1.54) is 16.5 Å². The van der Waals surface area contributed by atoms with Gasteiger partial charge in [0, 0.05) is 42.7 Å². The van der Waals surface area contributed by atoms with Gasteiger partial charge in [0.15, 0.2) is 0 Å². The van der Waals surface area contributed by atoms with Crippen LogP contribution in [0.3, 0.4) is 0 Å². The number of piperidine rings is 1. The summed E-state index contributed by atoms with van der Waals surface area (Å²) >= 11 is 3.33. The molecule has 122 valence electrons. The molecule has 0 amide bonds. The number of carbonyl (C=O) groups excluding carboxylic acids is 1. The van der Waals surface area contributed by atoms with Gasteiger partial charge in [-0.15, -0.1) is 0 Å². The summed E-state index contributed by atoms with van der Waals surface area (Å²) in [6.07, 6.45) is 3.83. The summed E-state index contributed by atoms with van der Waals surface area (Å²) in [7, 11) is 3.90. The molecule has 1 fully saturated rings. The standard InChI is InChI=1S/C18H21BrN2O2/c1-21-10-12(15(22)8-19)7-18(23-2)13-4-3-5-14-17(13)11(9-20-14)6-16(18)21/h3-5,9,12,16,20H,6-8,10H2,1-2H3/t12?,16-,18?/m1/s1. The molecule has 3 atom stereocenters. The number of alkyl halides is 1. The van der Waals surface area contributed by atoms with Gasteiger partial charge in [-0.2, -0.15) is 0 Å². The van der Waals surface area contributed by atoms with E-state index in [-0.39, 0.29) is 17.7 Å². The van der Waals surface area contributed by atoms with Crippen LogP contribution in [0, 0.1) is 5.92 Å². The van der Waals surface area contributed by atoms with Crippen molar-refractivity contribution in [2.45, 2.75) is 24.5 Å². The van der Waals surface area contributed by atoms with Gasteiger partial charge in [0.25, 0.3) is 0 Å². The number of likely N-dealkylation sites (tertiary alicyclic amines) is 1. The fraction of sp³-hybridized carbons (Fsp3) is 0.500. The van der Waals surface area contributed by atoms with Crippen LogP contribution < -0.4 is 0 Å². The summed E-state index contributed by atoms with van der Waals surface area (Å²) in [4.78, 5) is 18.0. The molecule has 1 N–H and O–H groups in total. The molecule has 1 aromatic heterocycles. The van der Waals surface area contributed by atoms with Crippen molar-refractivity contribution in [2.24, 2.45) is 5.92 Å². The number of benzene rings is 1. The number of rotatable bonds is 3. The van der Waals surface area contributed by atoms with Crippen molar-refractivity contribution < 1.29 is 9.53 Å². The lowest BCUT2D eigenvalue weighted by Gasteiger charge is -2.52. The maximum atomic E-state index is 12.3. The molecule has 0 spiro atoms. The maximum Gasteiger partial charge on any atom is 0.147 e.